The zero-order valence-electron chi connectivity index (χ0n) is 10.3. The Bertz CT molecular complexity index is 439. The standard InChI is InChI=1S/C12H16N2O3/c1-4-13(5-2)11-7-6-10(9(3)15)8-12(11)14(16)17/h6-8H,4-5H2,1-3H3. The lowest BCUT2D eigenvalue weighted by Gasteiger charge is -2.20. The number of nitrogens with zero attached hydrogens (tertiary/aromatic N) is 2. The van der Waals surface area contributed by atoms with Crippen LogP contribution < -0.4 is 4.90 Å². The van der Waals surface area contributed by atoms with E-state index in [0.717, 1.165) is 0 Å². The van der Waals surface area contributed by atoms with Gasteiger partial charge < -0.3 is 4.90 Å². The Hall–Kier alpha value is -1.91. The number of carbonyl (C=O) groups excluding carboxylic acids is 1. The van der Waals surface area contributed by atoms with Gasteiger partial charge in [0.25, 0.3) is 5.69 Å². The first-order valence-corrected chi connectivity index (χ1v) is 5.55. The third-order valence-corrected chi connectivity index (χ3v) is 2.68. The fourth-order valence-corrected chi connectivity index (χ4v) is 1.72. The lowest BCUT2D eigenvalue weighted by Crippen LogP contribution is -2.22. The number of hydrogen-bond acceptors (Lipinski definition) is 4. The van der Waals surface area contributed by atoms with Gasteiger partial charge in [0.05, 0.1) is 4.92 Å². The van der Waals surface area contributed by atoms with E-state index in [4.69, 9.17) is 0 Å². The molecule has 0 N–H and O–H groups in total. The first kappa shape index (κ1) is 13.2. The number of hydrogen-bond donors (Lipinski definition) is 0. The second kappa shape index (κ2) is 5.43. The van der Waals surface area contributed by atoms with Crippen LogP contribution in [0.5, 0.6) is 0 Å². The van der Waals surface area contributed by atoms with E-state index in [-0.39, 0.29) is 11.5 Å². The highest BCUT2D eigenvalue weighted by Gasteiger charge is 2.19. The summed E-state index contributed by atoms with van der Waals surface area (Å²) >= 11 is 0. The molecule has 0 aliphatic carbocycles. The van der Waals surface area contributed by atoms with Crippen molar-refractivity contribution in [3.63, 3.8) is 0 Å². The molecular formula is C12H16N2O3. The first-order chi connectivity index (χ1) is 8.01. The van der Waals surface area contributed by atoms with Crippen LogP contribution in [-0.4, -0.2) is 23.8 Å². The van der Waals surface area contributed by atoms with Gasteiger partial charge in [-0.1, -0.05) is 0 Å². The maximum Gasteiger partial charge on any atom is 0.293 e. The number of rotatable bonds is 5. The zero-order chi connectivity index (χ0) is 13.0. The van der Waals surface area contributed by atoms with Crippen molar-refractivity contribution in [1.29, 1.82) is 0 Å². The van der Waals surface area contributed by atoms with Crippen molar-refractivity contribution in [3.8, 4) is 0 Å². The van der Waals surface area contributed by atoms with Gasteiger partial charge in [-0.3, -0.25) is 14.9 Å². The van der Waals surface area contributed by atoms with Gasteiger partial charge in [-0.05, 0) is 32.9 Å². The van der Waals surface area contributed by atoms with Crippen molar-refractivity contribution < 1.29 is 9.72 Å². The number of carbonyl (C=O) groups is 1. The van der Waals surface area contributed by atoms with Gasteiger partial charge in [0.15, 0.2) is 5.78 Å². The number of ketones is 1. The van der Waals surface area contributed by atoms with Gasteiger partial charge in [0.2, 0.25) is 0 Å². The lowest BCUT2D eigenvalue weighted by atomic mass is 10.1. The van der Waals surface area contributed by atoms with Crippen molar-refractivity contribution in [2.75, 3.05) is 18.0 Å². The SMILES string of the molecule is CCN(CC)c1ccc(C(C)=O)cc1[N+](=O)[O-]. The summed E-state index contributed by atoms with van der Waals surface area (Å²) in [5, 5.41) is 11.0. The first-order valence-electron chi connectivity index (χ1n) is 5.55. The molecule has 92 valence electrons. The third-order valence-electron chi connectivity index (χ3n) is 2.68. The maximum atomic E-state index is 11.2. The molecule has 1 rings (SSSR count). The number of anilines is 1. The minimum absolute atomic E-state index is 0.0126. The smallest absolute Gasteiger partial charge is 0.293 e. The van der Waals surface area contributed by atoms with Gasteiger partial charge in [0, 0.05) is 24.7 Å². The van der Waals surface area contributed by atoms with Crippen molar-refractivity contribution in [2.24, 2.45) is 0 Å². The fraction of sp³-hybridized carbons (Fsp3) is 0.417. The van der Waals surface area contributed by atoms with Crippen molar-refractivity contribution in [3.05, 3.63) is 33.9 Å². The van der Waals surface area contributed by atoms with Crippen LogP contribution in [0.15, 0.2) is 18.2 Å². The Morgan fingerprint density at radius 3 is 2.35 bits per heavy atom. The molecule has 1 aromatic carbocycles. The van der Waals surface area contributed by atoms with E-state index >= 15 is 0 Å². The molecule has 0 amide bonds. The summed E-state index contributed by atoms with van der Waals surface area (Å²) in [6, 6.07) is 4.61. The van der Waals surface area contributed by atoms with E-state index in [1.807, 2.05) is 18.7 Å². The van der Waals surface area contributed by atoms with Crippen LogP contribution >= 0.6 is 0 Å². The molecule has 0 heterocycles. The number of nitro groups is 1. The molecule has 0 bridgehead atoms. The highest BCUT2D eigenvalue weighted by molar-refractivity contribution is 5.95. The Kier molecular flexibility index (Phi) is 4.20. The van der Waals surface area contributed by atoms with Gasteiger partial charge in [-0.25, -0.2) is 0 Å². The van der Waals surface area contributed by atoms with E-state index in [0.29, 0.717) is 24.3 Å². The highest BCUT2D eigenvalue weighted by atomic mass is 16.6. The molecule has 17 heavy (non-hydrogen) atoms. The largest absolute Gasteiger partial charge is 0.367 e. The van der Waals surface area contributed by atoms with Crippen LogP contribution in [0, 0.1) is 10.1 Å². The normalized spacial score (nSPS) is 10.1. The van der Waals surface area contributed by atoms with Crippen molar-refractivity contribution >= 4 is 17.2 Å². The van der Waals surface area contributed by atoms with E-state index in [1.165, 1.54) is 13.0 Å². The van der Waals surface area contributed by atoms with E-state index in [9.17, 15) is 14.9 Å². The predicted octanol–water partition coefficient (Wildman–Crippen LogP) is 2.64. The topological polar surface area (TPSA) is 63.5 Å². The highest BCUT2D eigenvalue weighted by Crippen LogP contribution is 2.29. The molecule has 1 aromatic rings. The summed E-state index contributed by atoms with van der Waals surface area (Å²) < 4.78 is 0. The Morgan fingerprint density at radius 1 is 1.35 bits per heavy atom. The van der Waals surface area contributed by atoms with Gasteiger partial charge in [0.1, 0.15) is 5.69 Å². The monoisotopic (exact) mass is 236 g/mol. The second-order valence-corrected chi connectivity index (χ2v) is 3.69. The predicted molar refractivity (Wildman–Crippen MR) is 66.7 cm³/mol. The molecule has 0 fully saturated rings. The molecule has 0 atom stereocenters. The molecule has 0 saturated heterocycles. The van der Waals surface area contributed by atoms with Crippen LogP contribution in [0.1, 0.15) is 31.1 Å². The van der Waals surface area contributed by atoms with E-state index in [2.05, 4.69) is 0 Å². The average Bonchev–Trinajstić information content (AvgIpc) is 2.30. The van der Waals surface area contributed by atoms with E-state index in [1.54, 1.807) is 12.1 Å². The zero-order valence-corrected chi connectivity index (χ0v) is 10.3. The summed E-state index contributed by atoms with van der Waals surface area (Å²) in [5.41, 5.74) is 0.916. The molecule has 0 radical (unpaired) electrons. The summed E-state index contributed by atoms with van der Waals surface area (Å²) in [6.07, 6.45) is 0. The van der Waals surface area contributed by atoms with Crippen LogP contribution in [-0.2, 0) is 0 Å². The summed E-state index contributed by atoms with van der Waals surface area (Å²) in [4.78, 5) is 23.7. The minimum Gasteiger partial charge on any atom is -0.367 e. The third kappa shape index (κ3) is 2.81. The molecule has 0 unspecified atom stereocenters. The fourth-order valence-electron chi connectivity index (χ4n) is 1.72. The molecule has 5 heteroatoms. The van der Waals surface area contributed by atoms with Gasteiger partial charge in [-0.2, -0.15) is 0 Å². The molecule has 0 aromatic heterocycles. The number of nitro benzene ring substituents is 1. The van der Waals surface area contributed by atoms with Crippen LogP contribution in [0.4, 0.5) is 11.4 Å². The second-order valence-electron chi connectivity index (χ2n) is 3.69. The van der Waals surface area contributed by atoms with Crippen molar-refractivity contribution in [1.82, 2.24) is 0 Å². The molecular weight excluding hydrogens is 220 g/mol. The Morgan fingerprint density at radius 2 is 1.94 bits per heavy atom. The lowest BCUT2D eigenvalue weighted by molar-refractivity contribution is -0.384. The summed E-state index contributed by atoms with van der Waals surface area (Å²) in [5.74, 6) is -0.167. The molecule has 5 nitrogen and oxygen atoms in total. The average molecular weight is 236 g/mol. The Labute approximate surface area is 100 Å². The molecule has 0 aliphatic heterocycles. The summed E-state index contributed by atoms with van der Waals surface area (Å²) in [6.45, 7) is 6.65. The summed E-state index contributed by atoms with van der Waals surface area (Å²) in [7, 11) is 0. The number of Topliss-reactive ketones (excluding diaryl/α,β-unsaturated/α-hetero) is 1. The number of benzene rings is 1. The van der Waals surface area contributed by atoms with E-state index < -0.39 is 4.92 Å². The molecule has 0 saturated carbocycles. The Balaban J connectivity index is 3.31. The van der Waals surface area contributed by atoms with Crippen LogP contribution in [0.2, 0.25) is 0 Å². The van der Waals surface area contributed by atoms with Crippen LogP contribution in [0.3, 0.4) is 0 Å². The van der Waals surface area contributed by atoms with Crippen LogP contribution in [0.25, 0.3) is 0 Å². The van der Waals surface area contributed by atoms with Gasteiger partial charge >= 0.3 is 0 Å². The van der Waals surface area contributed by atoms with Gasteiger partial charge in [-0.15, -0.1) is 0 Å². The maximum absolute atomic E-state index is 11.2. The van der Waals surface area contributed by atoms with Crippen molar-refractivity contribution in [2.45, 2.75) is 20.8 Å². The quantitative estimate of drug-likeness (QED) is 0.448. The molecule has 0 spiro atoms. The molecule has 0 aliphatic rings. The minimum atomic E-state index is -0.444.